The molecule has 2 atom stereocenters. The first-order valence-corrected chi connectivity index (χ1v) is 12.3. The lowest BCUT2D eigenvalue weighted by atomic mass is 10.1. The molecule has 1 heterocycles. The zero-order valence-electron chi connectivity index (χ0n) is 17.1. The van der Waals surface area contributed by atoms with Crippen molar-refractivity contribution in [2.75, 3.05) is 13.2 Å². The third-order valence-electron chi connectivity index (χ3n) is 4.03. The van der Waals surface area contributed by atoms with Gasteiger partial charge in [-0.3, -0.25) is 9.59 Å². The highest BCUT2D eigenvalue weighted by Crippen LogP contribution is 2.42. The van der Waals surface area contributed by atoms with E-state index in [4.69, 9.17) is 9.47 Å². The van der Waals surface area contributed by atoms with Crippen molar-refractivity contribution in [1.29, 1.82) is 0 Å². The zero-order chi connectivity index (χ0) is 22.1. The third kappa shape index (κ3) is 6.56. The zero-order valence-corrected chi connectivity index (χ0v) is 19.5. The normalized spacial score (nSPS) is 12.7. The minimum absolute atomic E-state index is 0.304. The number of aromatic nitrogens is 2. The second-order valence-corrected chi connectivity index (χ2v) is 9.84. The van der Waals surface area contributed by atoms with Gasteiger partial charge in [0.1, 0.15) is 10.5 Å². The highest BCUT2D eigenvalue weighted by molar-refractivity contribution is 8.04. The lowest BCUT2D eigenvalue weighted by Crippen LogP contribution is -2.13. The van der Waals surface area contributed by atoms with Gasteiger partial charge in [-0.2, -0.15) is 0 Å². The smallest absolute Gasteiger partial charge is 0.324 e. The Balaban J connectivity index is 1.78. The van der Waals surface area contributed by atoms with Crippen molar-refractivity contribution < 1.29 is 19.1 Å². The van der Waals surface area contributed by atoms with E-state index in [1.54, 1.807) is 13.8 Å². The average Bonchev–Trinajstić information content (AvgIpc) is 3.24. The Labute approximate surface area is 193 Å². The van der Waals surface area contributed by atoms with Crippen LogP contribution in [0.1, 0.15) is 35.5 Å². The van der Waals surface area contributed by atoms with E-state index >= 15 is 0 Å². The van der Waals surface area contributed by atoms with Gasteiger partial charge in [0.15, 0.2) is 8.68 Å². The first-order valence-electron chi connectivity index (χ1n) is 9.72. The lowest BCUT2D eigenvalue weighted by molar-refractivity contribution is -0.143. The molecule has 162 valence electrons. The molecular formula is C22H22N2O4S3. The fourth-order valence-corrected chi connectivity index (χ4v) is 6.09. The fourth-order valence-electron chi connectivity index (χ4n) is 2.69. The van der Waals surface area contributed by atoms with Crippen molar-refractivity contribution in [3.05, 3.63) is 71.8 Å². The molecule has 0 spiro atoms. The molecule has 1 aromatic heterocycles. The van der Waals surface area contributed by atoms with Crippen LogP contribution in [0.3, 0.4) is 0 Å². The highest BCUT2D eigenvalue weighted by Gasteiger charge is 2.28. The molecule has 0 aliphatic rings. The molecule has 0 amide bonds. The summed E-state index contributed by atoms with van der Waals surface area (Å²) in [6, 6.07) is 18.9. The molecule has 0 radical (unpaired) electrons. The van der Waals surface area contributed by atoms with E-state index in [0.717, 1.165) is 11.1 Å². The minimum atomic E-state index is -0.540. The van der Waals surface area contributed by atoms with E-state index in [1.165, 1.54) is 34.9 Å². The Morgan fingerprint density at radius 2 is 1.16 bits per heavy atom. The quantitative estimate of drug-likeness (QED) is 0.288. The number of nitrogens with zero attached hydrogens (tertiary/aromatic N) is 2. The van der Waals surface area contributed by atoms with Crippen molar-refractivity contribution in [3.8, 4) is 0 Å². The van der Waals surface area contributed by atoms with Gasteiger partial charge in [-0.25, -0.2) is 0 Å². The molecule has 9 heteroatoms. The summed E-state index contributed by atoms with van der Waals surface area (Å²) in [5.41, 5.74) is 1.67. The van der Waals surface area contributed by atoms with Gasteiger partial charge in [-0.05, 0) is 25.0 Å². The largest absolute Gasteiger partial charge is 0.465 e. The van der Waals surface area contributed by atoms with E-state index in [9.17, 15) is 9.59 Å². The van der Waals surface area contributed by atoms with E-state index < -0.39 is 10.5 Å². The summed E-state index contributed by atoms with van der Waals surface area (Å²) in [4.78, 5) is 25.1. The molecule has 2 aromatic carbocycles. The first-order chi connectivity index (χ1) is 15.1. The summed E-state index contributed by atoms with van der Waals surface area (Å²) >= 11 is 3.92. The fraction of sp³-hybridized carbons (Fsp3) is 0.273. The van der Waals surface area contributed by atoms with E-state index in [-0.39, 0.29) is 11.9 Å². The minimum Gasteiger partial charge on any atom is -0.465 e. The van der Waals surface area contributed by atoms with Crippen molar-refractivity contribution in [2.45, 2.75) is 33.0 Å². The van der Waals surface area contributed by atoms with Gasteiger partial charge < -0.3 is 9.47 Å². The molecule has 3 rings (SSSR count). The predicted octanol–water partition coefficient (Wildman–Crippen LogP) is 5.33. The van der Waals surface area contributed by atoms with Crippen LogP contribution in [0.2, 0.25) is 0 Å². The second kappa shape index (κ2) is 11.9. The first kappa shape index (κ1) is 23.3. The molecule has 6 nitrogen and oxygen atoms in total. The van der Waals surface area contributed by atoms with Gasteiger partial charge in [-0.15, -0.1) is 10.2 Å². The van der Waals surface area contributed by atoms with Crippen LogP contribution in [-0.2, 0) is 19.1 Å². The summed E-state index contributed by atoms with van der Waals surface area (Å²) in [5, 5.41) is 7.37. The molecule has 0 fully saturated rings. The van der Waals surface area contributed by atoms with Gasteiger partial charge >= 0.3 is 11.9 Å². The van der Waals surface area contributed by atoms with Gasteiger partial charge in [-0.1, -0.05) is 95.5 Å². The topological polar surface area (TPSA) is 78.4 Å². The van der Waals surface area contributed by atoms with Crippen LogP contribution < -0.4 is 0 Å². The highest BCUT2D eigenvalue weighted by atomic mass is 32.2. The number of ether oxygens (including phenoxy) is 2. The SMILES string of the molecule is CCOC(=O)C(Sc1nnc(SC(C(=O)OCC)c2ccccc2)s1)c1ccccc1. The summed E-state index contributed by atoms with van der Waals surface area (Å²) in [5.74, 6) is -0.645. The van der Waals surface area contributed by atoms with Crippen LogP contribution in [-0.4, -0.2) is 35.3 Å². The molecule has 0 bridgehead atoms. The molecule has 3 aromatic rings. The number of thioether (sulfide) groups is 2. The van der Waals surface area contributed by atoms with Gasteiger partial charge in [0, 0.05) is 0 Å². The molecule has 0 aliphatic heterocycles. The number of esters is 2. The Morgan fingerprint density at radius 3 is 1.52 bits per heavy atom. The van der Waals surface area contributed by atoms with Crippen LogP contribution >= 0.6 is 34.9 Å². The lowest BCUT2D eigenvalue weighted by Gasteiger charge is -2.14. The molecule has 0 N–H and O–H groups in total. The number of hydrogen-bond donors (Lipinski definition) is 0. The van der Waals surface area contributed by atoms with Crippen LogP contribution in [0.4, 0.5) is 0 Å². The molecule has 0 saturated carbocycles. The summed E-state index contributed by atoms with van der Waals surface area (Å²) < 4.78 is 11.7. The predicted molar refractivity (Wildman–Crippen MR) is 123 cm³/mol. The molecular weight excluding hydrogens is 452 g/mol. The number of rotatable bonds is 10. The Hall–Kier alpha value is -2.36. The van der Waals surface area contributed by atoms with Crippen molar-refractivity contribution >= 4 is 46.8 Å². The summed E-state index contributed by atoms with van der Waals surface area (Å²) in [6.45, 7) is 4.17. The molecule has 0 saturated heterocycles. The van der Waals surface area contributed by atoms with E-state index in [0.29, 0.717) is 21.9 Å². The van der Waals surface area contributed by atoms with Crippen molar-refractivity contribution in [1.82, 2.24) is 10.2 Å². The maximum atomic E-state index is 12.5. The van der Waals surface area contributed by atoms with Crippen molar-refractivity contribution in [3.63, 3.8) is 0 Å². The summed E-state index contributed by atoms with van der Waals surface area (Å²) in [7, 11) is 0. The number of carbonyl (C=O) groups is 2. The Morgan fingerprint density at radius 1 is 0.774 bits per heavy atom. The molecule has 0 aliphatic carbocycles. The number of hydrogen-bond acceptors (Lipinski definition) is 9. The maximum absolute atomic E-state index is 12.5. The standard InChI is InChI=1S/C22H22N2O4S3/c1-3-27-19(25)17(15-11-7-5-8-12-15)29-21-23-24-22(31-21)30-18(20(26)28-4-2)16-13-9-6-10-14-16/h5-14,17-18H,3-4H2,1-2H3. The Bertz CT molecular complexity index is 905. The Kier molecular flexibility index (Phi) is 8.93. The van der Waals surface area contributed by atoms with Crippen molar-refractivity contribution in [2.24, 2.45) is 0 Å². The van der Waals surface area contributed by atoms with E-state index in [2.05, 4.69) is 10.2 Å². The maximum Gasteiger partial charge on any atom is 0.324 e. The van der Waals surface area contributed by atoms with Gasteiger partial charge in [0.2, 0.25) is 0 Å². The second-order valence-electron chi connectivity index (χ2n) is 6.16. The van der Waals surface area contributed by atoms with Gasteiger partial charge in [0.05, 0.1) is 13.2 Å². The number of carbonyl (C=O) groups excluding carboxylic acids is 2. The van der Waals surface area contributed by atoms with Crippen LogP contribution in [0.5, 0.6) is 0 Å². The summed E-state index contributed by atoms with van der Waals surface area (Å²) in [6.07, 6.45) is 0. The van der Waals surface area contributed by atoms with Crippen LogP contribution in [0.25, 0.3) is 0 Å². The van der Waals surface area contributed by atoms with Crippen LogP contribution in [0, 0.1) is 0 Å². The van der Waals surface area contributed by atoms with Gasteiger partial charge in [0.25, 0.3) is 0 Å². The average molecular weight is 475 g/mol. The van der Waals surface area contributed by atoms with Crippen LogP contribution in [0.15, 0.2) is 69.3 Å². The number of benzene rings is 2. The monoisotopic (exact) mass is 474 g/mol. The molecule has 2 unspecified atom stereocenters. The third-order valence-corrected chi connectivity index (χ3v) is 7.59. The van der Waals surface area contributed by atoms with E-state index in [1.807, 2.05) is 60.7 Å². The molecule has 31 heavy (non-hydrogen) atoms.